The van der Waals surface area contributed by atoms with E-state index in [1.165, 1.54) is 6.07 Å². The van der Waals surface area contributed by atoms with Gasteiger partial charge in [0.05, 0.1) is 5.69 Å². The molecule has 3 N–H and O–H groups in total. The molecule has 0 aliphatic carbocycles. The molecule has 2 unspecified atom stereocenters. The number of carboxylic acid groups (broad SMARTS) is 1. The summed E-state index contributed by atoms with van der Waals surface area (Å²) < 4.78 is 4.82. The van der Waals surface area contributed by atoms with Crippen molar-refractivity contribution in [2.45, 2.75) is 25.8 Å². The molecule has 8 nitrogen and oxygen atoms in total. The zero-order valence-electron chi connectivity index (χ0n) is 14.4. The van der Waals surface area contributed by atoms with Crippen LogP contribution in [0.5, 0.6) is 0 Å². The number of amides is 1. The van der Waals surface area contributed by atoms with Crippen molar-refractivity contribution in [3.63, 3.8) is 0 Å². The molecule has 8 heteroatoms. The zero-order chi connectivity index (χ0) is 18.4. The quantitative estimate of drug-likeness (QED) is 0.681. The lowest BCUT2D eigenvalue weighted by atomic mass is 9.81. The van der Waals surface area contributed by atoms with E-state index in [-0.39, 0.29) is 23.5 Å². The minimum absolute atomic E-state index is 0.0112. The smallest absolute Gasteiger partial charge is 0.374 e. The van der Waals surface area contributed by atoms with Gasteiger partial charge >= 0.3 is 5.97 Å². The Labute approximate surface area is 151 Å². The average molecular weight is 358 g/mol. The first-order chi connectivity index (χ1) is 12.6. The SMILES string of the molecule is O=C(CC1CCNCC1Cc1cc(C(=O)O)on1)NCc1cccnc1. The summed E-state index contributed by atoms with van der Waals surface area (Å²) in [5.41, 5.74) is 1.57. The van der Waals surface area contributed by atoms with Gasteiger partial charge in [0.2, 0.25) is 11.7 Å². The zero-order valence-corrected chi connectivity index (χ0v) is 14.4. The third-order valence-electron chi connectivity index (χ3n) is 4.67. The maximum Gasteiger partial charge on any atom is 0.374 e. The lowest BCUT2D eigenvalue weighted by Crippen LogP contribution is -2.40. The average Bonchev–Trinajstić information content (AvgIpc) is 3.11. The molecular formula is C18H22N4O4. The topological polar surface area (TPSA) is 117 Å². The molecule has 2 aromatic rings. The standard InChI is InChI=1S/C18H22N4O4/c23-17(21-10-12-2-1-4-19-9-12)7-13-3-5-20-11-14(13)6-15-8-16(18(24)25)26-22-15/h1-2,4,8-9,13-14,20H,3,5-7,10-11H2,(H,21,23)(H,24,25). The fourth-order valence-electron chi connectivity index (χ4n) is 3.28. The van der Waals surface area contributed by atoms with Crippen LogP contribution in [0.2, 0.25) is 0 Å². The van der Waals surface area contributed by atoms with Crippen molar-refractivity contribution in [3.8, 4) is 0 Å². The van der Waals surface area contributed by atoms with E-state index in [2.05, 4.69) is 20.8 Å². The Balaban J connectivity index is 1.54. The van der Waals surface area contributed by atoms with Crippen LogP contribution in [0.1, 0.15) is 34.7 Å². The number of hydrogen-bond donors (Lipinski definition) is 3. The molecule has 138 valence electrons. The van der Waals surface area contributed by atoms with Gasteiger partial charge in [0.15, 0.2) is 0 Å². The van der Waals surface area contributed by atoms with Crippen molar-refractivity contribution in [1.29, 1.82) is 0 Å². The number of carbonyl (C=O) groups excluding carboxylic acids is 1. The van der Waals surface area contributed by atoms with Gasteiger partial charge in [0.1, 0.15) is 0 Å². The van der Waals surface area contributed by atoms with Gasteiger partial charge in [0.25, 0.3) is 0 Å². The minimum atomic E-state index is -1.13. The maximum atomic E-state index is 12.3. The summed E-state index contributed by atoms with van der Waals surface area (Å²) in [6.07, 6.45) is 5.36. The first-order valence-corrected chi connectivity index (χ1v) is 8.67. The molecule has 3 heterocycles. The van der Waals surface area contributed by atoms with Gasteiger partial charge in [-0.25, -0.2) is 4.79 Å². The van der Waals surface area contributed by atoms with Crippen molar-refractivity contribution in [3.05, 3.63) is 47.6 Å². The molecular weight excluding hydrogens is 336 g/mol. The molecule has 0 spiro atoms. The largest absolute Gasteiger partial charge is 0.475 e. The number of hydrogen-bond acceptors (Lipinski definition) is 6. The van der Waals surface area contributed by atoms with Crippen LogP contribution in [-0.4, -0.2) is 40.2 Å². The molecule has 0 saturated carbocycles. The van der Waals surface area contributed by atoms with Crippen LogP contribution >= 0.6 is 0 Å². The van der Waals surface area contributed by atoms with Gasteiger partial charge in [-0.05, 0) is 49.4 Å². The van der Waals surface area contributed by atoms with Crippen LogP contribution in [0.4, 0.5) is 0 Å². The van der Waals surface area contributed by atoms with Crippen molar-refractivity contribution in [2.75, 3.05) is 13.1 Å². The number of nitrogens with one attached hydrogen (secondary N) is 2. The van der Waals surface area contributed by atoms with E-state index in [0.29, 0.717) is 25.1 Å². The van der Waals surface area contributed by atoms with E-state index in [1.807, 2.05) is 12.1 Å². The summed E-state index contributed by atoms with van der Waals surface area (Å²) >= 11 is 0. The van der Waals surface area contributed by atoms with E-state index in [4.69, 9.17) is 9.63 Å². The highest BCUT2D eigenvalue weighted by Crippen LogP contribution is 2.26. The molecule has 0 aromatic carbocycles. The number of nitrogens with zero attached hydrogens (tertiary/aromatic N) is 2. The molecule has 1 aliphatic heterocycles. The number of aromatic nitrogens is 2. The summed E-state index contributed by atoms with van der Waals surface area (Å²) in [6.45, 7) is 2.11. The van der Waals surface area contributed by atoms with E-state index in [0.717, 1.165) is 25.1 Å². The van der Waals surface area contributed by atoms with Gasteiger partial charge in [0, 0.05) is 31.4 Å². The molecule has 2 aromatic heterocycles. The second-order valence-electron chi connectivity index (χ2n) is 6.55. The third kappa shape index (κ3) is 4.89. The molecule has 0 radical (unpaired) electrons. The number of piperidine rings is 1. The fourth-order valence-corrected chi connectivity index (χ4v) is 3.28. The van der Waals surface area contributed by atoms with E-state index < -0.39 is 5.97 Å². The van der Waals surface area contributed by atoms with Crippen LogP contribution < -0.4 is 10.6 Å². The van der Waals surface area contributed by atoms with Crippen LogP contribution in [-0.2, 0) is 17.8 Å². The second kappa shape index (κ2) is 8.57. The third-order valence-corrected chi connectivity index (χ3v) is 4.67. The Kier molecular flexibility index (Phi) is 5.96. The lowest BCUT2D eigenvalue weighted by Gasteiger charge is -2.31. The van der Waals surface area contributed by atoms with Crippen LogP contribution in [0, 0.1) is 11.8 Å². The van der Waals surface area contributed by atoms with E-state index in [9.17, 15) is 9.59 Å². The highest BCUT2D eigenvalue weighted by Gasteiger charge is 2.28. The Morgan fingerprint density at radius 1 is 1.38 bits per heavy atom. The van der Waals surface area contributed by atoms with Crippen molar-refractivity contribution in [2.24, 2.45) is 11.8 Å². The fraction of sp³-hybridized carbons (Fsp3) is 0.444. The van der Waals surface area contributed by atoms with Crippen LogP contribution in [0.3, 0.4) is 0 Å². The van der Waals surface area contributed by atoms with Crippen LogP contribution in [0.25, 0.3) is 0 Å². The number of rotatable bonds is 7. The Bertz CT molecular complexity index is 747. The number of carboxylic acids is 1. The van der Waals surface area contributed by atoms with E-state index in [1.54, 1.807) is 12.4 Å². The summed E-state index contributed by atoms with van der Waals surface area (Å²) in [4.78, 5) is 27.2. The number of aromatic carboxylic acids is 1. The minimum Gasteiger partial charge on any atom is -0.475 e. The monoisotopic (exact) mass is 358 g/mol. The molecule has 1 aliphatic rings. The molecule has 26 heavy (non-hydrogen) atoms. The van der Waals surface area contributed by atoms with Crippen molar-refractivity contribution in [1.82, 2.24) is 20.8 Å². The predicted molar refractivity (Wildman–Crippen MR) is 92.3 cm³/mol. The predicted octanol–water partition coefficient (Wildman–Crippen LogP) is 1.24. The first-order valence-electron chi connectivity index (χ1n) is 8.67. The van der Waals surface area contributed by atoms with Crippen molar-refractivity contribution >= 4 is 11.9 Å². The lowest BCUT2D eigenvalue weighted by molar-refractivity contribution is -0.122. The normalized spacial score (nSPS) is 19.8. The summed E-state index contributed by atoms with van der Waals surface area (Å²) in [7, 11) is 0. The van der Waals surface area contributed by atoms with Gasteiger partial charge in [-0.1, -0.05) is 11.2 Å². The van der Waals surface area contributed by atoms with Gasteiger partial charge in [-0.3, -0.25) is 9.78 Å². The Hall–Kier alpha value is -2.74. The summed E-state index contributed by atoms with van der Waals surface area (Å²) in [5.74, 6) is -0.849. The molecule has 0 bridgehead atoms. The van der Waals surface area contributed by atoms with Gasteiger partial charge in [-0.2, -0.15) is 0 Å². The highest BCUT2D eigenvalue weighted by molar-refractivity contribution is 5.84. The number of pyridine rings is 1. The molecule has 1 fully saturated rings. The van der Waals surface area contributed by atoms with Gasteiger partial charge < -0.3 is 20.3 Å². The summed E-state index contributed by atoms with van der Waals surface area (Å²) in [5, 5.41) is 19.0. The highest BCUT2D eigenvalue weighted by atomic mass is 16.5. The van der Waals surface area contributed by atoms with Crippen LogP contribution in [0.15, 0.2) is 35.1 Å². The first kappa shape index (κ1) is 18.1. The molecule has 2 atom stereocenters. The van der Waals surface area contributed by atoms with Gasteiger partial charge in [-0.15, -0.1) is 0 Å². The Morgan fingerprint density at radius 3 is 3.00 bits per heavy atom. The molecule has 3 rings (SSSR count). The second-order valence-corrected chi connectivity index (χ2v) is 6.55. The maximum absolute atomic E-state index is 12.3. The number of carbonyl (C=O) groups is 2. The van der Waals surface area contributed by atoms with Crippen molar-refractivity contribution < 1.29 is 19.2 Å². The molecule has 1 saturated heterocycles. The molecule has 1 amide bonds. The van der Waals surface area contributed by atoms with E-state index >= 15 is 0 Å². The summed E-state index contributed by atoms with van der Waals surface area (Å²) in [6, 6.07) is 5.22. The Morgan fingerprint density at radius 2 is 2.27 bits per heavy atom.